The van der Waals surface area contributed by atoms with Gasteiger partial charge in [-0.05, 0) is 86.2 Å². The molecule has 0 amide bonds. The summed E-state index contributed by atoms with van der Waals surface area (Å²) in [7, 11) is 0. The van der Waals surface area contributed by atoms with Gasteiger partial charge in [0.15, 0.2) is 0 Å². The molecule has 0 saturated heterocycles. The summed E-state index contributed by atoms with van der Waals surface area (Å²) < 4.78 is 0. The van der Waals surface area contributed by atoms with E-state index in [9.17, 15) is 0 Å². The second-order valence-corrected chi connectivity index (χ2v) is 11.5. The van der Waals surface area contributed by atoms with Gasteiger partial charge in [0.05, 0.1) is 0 Å². The predicted molar refractivity (Wildman–Crippen MR) is 170 cm³/mol. The van der Waals surface area contributed by atoms with Gasteiger partial charge in [0.2, 0.25) is 0 Å². The van der Waals surface area contributed by atoms with Gasteiger partial charge in [-0.15, -0.1) is 0 Å². The largest absolute Gasteiger partial charge is 0.299 e. The fraction of sp³-hybridized carbons (Fsp3) is 0.667. The molecule has 0 spiro atoms. The highest BCUT2D eigenvalue weighted by atomic mass is 15.1. The quantitative estimate of drug-likeness (QED) is 0.134. The summed E-state index contributed by atoms with van der Waals surface area (Å²) in [5, 5.41) is 0. The van der Waals surface area contributed by atoms with Crippen LogP contribution < -0.4 is 0 Å². The van der Waals surface area contributed by atoms with Crippen molar-refractivity contribution in [1.29, 1.82) is 0 Å². The average Bonchev–Trinajstić information content (AvgIpc) is 2.94. The third-order valence-electron chi connectivity index (χ3n) is 7.81. The highest BCUT2D eigenvalue weighted by molar-refractivity contribution is 5.65. The van der Waals surface area contributed by atoms with E-state index in [4.69, 9.17) is 0 Å². The Labute approximate surface area is 237 Å². The summed E-state index contributed by atoms with van der Waals surface area (Å²) >= 11 is 0. The van der Waals surface area contributed by atoms with E-state index in [0.717, 1.165) is 13.1 Å². The van der Waals surface area contributed by atoms with Gasteiger partial charge in [0, 0.05) is 13.1 Å². The summed E-state index contributed by atoms with van der Waals surface area (Å²) in [6, 6.07) is 18.7. The lowest BCUT2D eigenvalue weighted by atomic mass is 10.0. The molecule has 2 nitrogen and oxygen atoms in total. The van der Waals surface area contributed by atoms with E-state index in [0.29, 0.717) is 0 Å². The van der Waals surface area contributed by atoms with Crippen LogP contribution in [0.4, 0.5) is 0 Å². The van der Waals surface area contributed by atoms with Crippen molar-refractivity contribution in [3.63, 3.8) is 0 Å². The van der Waals surface area contributed by atoms with E-state index in [-0.39, 0.29) is 0 Å². The monoisotopic (exact) mass is 520 g/mol. The molecule has 0 aliphatic heterocycles. The van der Waals surface area contributed by atoms with Crippen molar-refractivity contribution in [3.05, 3.63) is 59.7 Å². The lowest BCUT2D eigenvalue weighted by Crippen LogP contribution is -2.25. The fourth-order valence-electron chi connectivity index (χ4n) is 5.40. The fourth-order valence-corrected chi connectivity index (χ4v) is 5.40. The van der Waals surface area contributed by atoms with Crippen LogP contribution in [0.5, 0.6) is 0 Å². The highest BCUT2D eigenvalue weighted by Crippen LogP contribution is 2.23. The molecular formula is C36H60N2. The van der Waals surface area contributed by atoms with Crippen molar-refractivity contribution >= 4 is 0 Å². The lowest BCUT2D eigenvalue weighted by molar-refractivity contribution is 0.254. The molecule has 38 heavy (non-hydrogen) atoms. The molecule has 0 heterocycles. The minimum Gasteiger partial charge on any atom is -0.299 e. The van der Waals surface area contributed by atoms with Crippen LogP contribution in [0.1, 0.15) is 129 Å². The van der Waals surface area contributed by atoms with Gasteiger partial charge in [0.1, 0.15) is 0 Å². The van der Waals surface area contributed by atoms with Crippen molar-refractivity contribution in [3.8, 4) is 11.1 Å². The molecule has 0 bridgehead atoms. The van der Waals surface area contributed by atoms with Crippen LogP contribution in [0.15, 0.2) is 48.5 Å². The molecule has 0 saturated carbocycles. The molecule has 2 heteroatoms. The Hall–Kier alpha value is -1.64. The second-order valence-electron chi connectivity index (χ2n) is 11.5. The summed E-state index contributed by atoms with van der Waals surface area (Å²) in [6.45, 7) is 16.3. The first-order valence-electron chi connectivity index (χ1n) is 16.3. The first-order chi connectivity index (χ1) is 18.7. The van der Waals surface area contributed by atoms with Gasteiger partial charge in [-0.2, -0.15) is 0 Å². The van der Waals surface area contributed by atoms with E-state index in [1.54, 1.807) is 0 Å². The number of benzene rings is 2. The van der Waals surface area contributed by atoms with Gasteiger partial charge >= 0.3 is 0 Å². The third-order valence-corrected chi connectivity index (χ3v) is 7.81. The summed E-state index contributed by atoms with van der Waals surface area (Å²) in [4.78, 5) is 5.38. The second kappa shape index (κ2) is 21.2. The molecule has 2 rings (SSSR count). The Morgan fingerprint density at radius 1 is 0.421 bits per heavy atom. The summed E-state index contributed by atoms with van der Waals surface area (Å²) in [5.74, 6) is 0. The summed E-state index contributed by atoms with van der Waals surface area (Å²) in [6.07, 6.45) is 18.7. The molecule has 214 valence electrons. The smallest absolute Gasteiger partial charge is 0.0233 e. The average molecular weight is 521 g/mol. The number of hydrogen-bond donors (Lipinski definition) is 0. The van der Waals surface area contributed by atoms with Crippen LogP contribution in [-0.4, -0.2) is 36.0 Å². The Morgan fingerprint density at radius 3 is 1.18 bits per heavy atom. The maximum absolute atomic E-state index is 2.69. The topological polar surface area (TPSA) is 6.48 Å². The molecule has 0 unspecified atom stereocenters. The van der Waals surface area contributed by atoms with E-state index >= 15 is 0 Å². The van der Waals surface area contributed by atoms with E-state index in [1.165, 1.54) is 138 Å². The van der Waals surface area contributed by atoms with Gasteiger partial charge < -0.3 is 0 Å². The zero-order valence-electron chi connectivity index (χ0n) is 25.7. The molecule has 0 aliphatic carbocycles. The Morgan fingerprint density at radius 2 is 0.789 bits per heavy atom. The SMILES string of the molecule is CCCCCCCN(CCCC)Cc1cccc(-c2cccc(CN(CCCC)CCCCCCC)c2)c1. The first kappa shape index (κ1) is 32.6. The van der Waals surface area contributed by atoms with Crippen molar-refractivity contribution in [2.75, 3.05) is 26.2 Å². The van der Waals surface area contributed by atoms with Crippen molar-refractivity contribution in [2.45, 2.75) is 131 Å². The van der Waals surface area contributed by atoms with Crippen LogP contribution >= 0.6 is 0 Å². The Bertz CT molecular complexity index is 760. The molecule has 0 N–H and O–H groups in total. The molecular weight excluding hydrogens is 460 g/mol. The lowest BCUT2D eigenvalue weighted by Gasteiger charge is -2.23. The zero-order chi connectivity index (χ0) is 27.3. The first-order valence-corrected chi connectivity index (χ1v) is 16.3. The standard InChI is InChI=1S/C36H60N2/c1-5-9-13-15-17-27-37(25-11-7-3)31-33-21-19-23-35(29-33)36-24-20-22-34(30-36)32-38(26-12-8-4)28-18-16-14-10-6-2/h19-24,29-30H,5-18,25-28,31-32H2,1-4H3. The normalized spacial score (nSPS) is 11.6. The molecule has 0 atom stereocenters. The Kier molecular flexibility index (Phi) is 18.2. The molecule has 0 aliphatic rings. The zero-order valence-corrected chi connectivity index (χ0v) is 25.7. The molecule has 0 fully saturated rings. The number of rotatable bonds is 23. The van der Waals surface area contributed by atoms with E-state index in [2.05, 4.69) is 86.0 Å². The highest BCUT2D eigenvalue weighted by Gasteiger charge is 2.09. The van der Waals surface area contributed by atoms with Crippen LogP contribution in [0.3, 0.4) is 0 Å². The molecule has 2 aromatic rings. The molecule has 0 radical (unpaired) electrons. The van der Waals surface area contributed by atoms with Gasteiger partial charge in [-0.1, -0.05) is 128 Å². The predicted octanol–water partition coefficient (Wildman–Crippen LogP) is 10.5. The number of hydrogen-bond acceptors (Lipinski definition) is 2. The summed E-state index contributed by atoms with van der Waals surface area (Å²) in [5.41, 5.74) is 5.63. The van der Waals surface area contributed by atoms with Crippen LogP contribution in [0.25, 0.3) is 11.1 Å². The maximum atomic E-state index is 2.69. The maximum Gasteiger partial charge on any atom is 0.0233 e. The molecule has 0 aromatic heterocycles. The number of unbranched alkanes of at least 4 members (excludes halogenated alkanes) is 10. The van der Waals surface area contributed by atoms with Gasteiger partial charge in [0.25, 0.3) is 0 Å². The van der Waals surface area contributed by atoms with Crippen LogP contribution in [0.2, 0.25) is 0 Å². The number of nitrogens with zero attached hydrogens (tertiary/aromatic N) is 2. The van der Waals surface area contributed by atoms with E-state index in [1.807, 2.05) is 0 Å². The van der Waals surface area contributed by atoms with Gasteiger partial charge in [-0.25, -0.2) is 0 Å². The van der Waals surface area contributed by atoms with Crippen molar-refractivity contribution in [2.24, 2.45) is 0 Å². The van der Waals surface area contributed by atoms with E-state index < -0.39 is 0 Å². The third kappa shape index (κ3) is 13.9. The van der Waals surface area contributed by atoms with Crippen LogP contribution in [0, 0.1) is 0 Å². The van der Waals surface area contributed by atoms with Crippen molar-refractivity contribution < 1.29 is 0 Å². The van der Waals surface area contributed by atoms with Crippen molar-refractivity contribution in [1.82, 2.24) is 9.80 Å². The van der Waals surface area contributed by atoms with Crippen LogP contribution in [-0.2, 0) is 13.1 Å². The van der Waals surface area contributed by atoms with Gasteiger partial charge in [-0.3, -0.25) is 9.80 Å². The Balaban J connectivity index is 2.02. The molecule has 2 aromatic carbocycles. The minimum atomic E-state index is 1.07. The minimum absolute atomic E-state index is 1.07.